The van der Waals surface area contributed by atoms with E-state index in [0.29, 0.717) is 12.1 Å². The lowest BCUT2D eigenvalue weighted by atomic mass is 9.83. The fourth-order valence-electron chi connectivity index (χ4n) is 2.39. The molecule has 0 aromatic heterocycles. The number of benzene rings is 1. The third-order valence-corrected chi connectivity index (χ3v) is 3.50. The van der Waals surface area contributed by atoms with Gasteiger partial charge in [-0.1, -0.05) is 37.5 Å². The van der Waals surface area contributed by atoms with Crippen LogP contribution in [0.5, 0.6) is 0 Å². The Bertz CT molecular complexity index is 416. The molecule has 1 aromatic carbocycles. The lowest BCUT2D eigenvalue weighted by Crippen LogP contribution is -2.45. The summed E-state index contributed by atoms with van der Waals surface area (Å²) in [5.41, 5.74) is 0.188. The van der Waals surface area contributed by atoms with E-state index < -0.39 is 5.54 Å². The number of nitriles is 1. The molecule has 0 radical (unpaired) electrons. The van der Waals surface area contributed by atoms with Crippen molar-refractivity contribution in [3.8, 4) is 6.07 Å². The molecule has 0 heterocycles. The summed E-state index contributed by atoms with van der Waals surface area (Å²) in [5, 5.41) is 12.5. The monoisotopic (exact) mass is 232 g/mol. The van der Waals surface area contributed by atoms with Crippen LogP contribution in [0.15, 0.2) is 24.3 Å². The number of rotatable bonds is 3. The quantitative estimate of drug-likeness (QED) is 0.869. The largest absolute Gasteiger partial charge is 0.295 e. The summed E-state index contributed by atoms with van der Waals surface area (Å²) in [6.07, 6.45) is 5.11. The maximum Gasteiger partial charge on any atom is 0.127 e. The zero-order chi connectivity index (χ0) is 12.1. The van der Waals surface area contributed by atoms with Crippen molar-refractivity contribution in [1.82, 2.24) is 5.32 Å². The van der Waals surface area contributed by atoms with E-state index in [1.54, 1.807) is 12.1 Å². The molecule has 0 spiro atoms. The summed E-state index contributed by atoms with van der Waals surface area (Å²) in [6, 6.07) is 9.09. The zero-order valence-corrected chi connectivity index (χ0v) is 9.88. The highest BCUT2D eigenvalue weighted by Crippen LogP contribution is 2.27. The molecule has 1 aliphatic rings. The number of halogens is 1. The molecule has 0 unspecified atom stereocenters. The van der Waals surface area contributed by atoms with E-state index in [2.05, 4.69) is 11.4 Å². The lowest BCUT2D eigenvalue weighted by Gasteiger charge is -2.31. The van der Waals surface area contributed by atoms with E-state index in [1.165, 1.54) is 12.5 Å². The van der Waals surface area contributed by atoms with Gasteiger partial charge in [0, 0.05) is 12.1 Å². The van der Waals surface area contributed by atoms with Gasteiger partial charge >= 0.3 is 0 Å². The first-order valence-corrected chi connectivity index (χ1v) is 6.15. The Morgan fingerprint density at radius 1 is 1.24 bits per heavy atom. The molecule has 17 heavy (non-hydrogen) atoms. The van der Waals surface area contributed by atoms with Crippen LogP contribution in [0.4, 0.5) is 4.39 Å². The van der Waals surface area contributed by atoms with Gasteiger partial charge in [-0.2, -0.15) is 5.26 Å². The lowest BCUT2D eigenvalue weighted by molar-refractivity contribution is 0.294. The van der Waals surface area contributed by atoms with Crippen molar-refractivity contribution in [1.29, 1.82) is 5.26 Å². The first-order valence-electron chi connectivity index (χ1n) is 6.15. The fraction of sp³-hybridized carbons (Fsp3) is 0.500. The number of nitrogens with zero attached hydrogens (tertiary/aromatic N) is 1. The van der Waals surface area contributed by atoms with E-state index in [4.69, 9.17) is 0 Å². The second-order valence-corrected chi connectivity index (χ2v) is 4.70. The van der Waals surface area contributed by atoms with Crippen LogP contribution in [0, 0.1) is 17.1 Å². The molecular formula is C14H17FN2. The highest BCUT2D eigenvalue weighted by Gasteiger charge is 2.31. The molecule has 0 aliphatic heterocycles. The Balaban J connectivity index is 2.01. The highest BCUT2D eigenvalue weighted by molar-refractivity contribution is 5.18. The third kappa shape index (κ3) is 2.83. The van der Waals surface area contributed by atoms with E-state index in [-0.39, 0.29) is 5.82 Å². The minimum Gasteiger partial charge on any atom is -0.295 e. The smallest absolute Gasteiger partial charge is 0.127 e. The van der Waals surface area contributed by atoms with Crippen LogP contribution >= 0.6 is 0 Å². The predicted octanol–water partition coefficient (Wildman–Crippen LogP) is 3.14. The minimum atomic E-state index is -0.444. The second-order valence-electron chi connectivity index (χ2n) is 4.70. The molecule has 1 aromatic rings. The van der Waals surface area contributed by atoms with Crippen molar-refractivity contribution in [2.75, 3.05) is 0 Å². The van der Waals surface area contributed by atoms with Crippen LogP contribution in [0.1, 0.15) is 37.7 Å². The maximum atomic E-state index is 13.4. The summed E-state index contributed by atoms with van der Waals surface area (Å²) in [5.74, 6) is -0.205. The highest BCUT2D eigenvalue weighted by atomic mass is 19.1. The number of hydrogen-bond donors (Lipinski definition) is 1. The van der Waals surface area contributed by atoms with Crippen molar-refractivity contribution in [2.45, 2.75) is 44.2 Å². The summed E-state index contributed by atoms with van der Waals surface area (Å²) < 4.78 is 13.4. The second kappa shape index (κ2) is 5.29. The van der Waals surface area contributed by atoms with Gasteiger partial charge in [0.1, 0.15) is 11.4 Å². The molecule has 0 saturated heterocycles. The van der Waals surface area contributed by atoms with Gasteiger partial charge in [0.05, 0.1) is 6.07 Å². The van der Waals surface area contributed by atoms with Gasteiger partial charge in [-0.15, -0.1) is 0 Å². The van der Waals surface area contributed by atoms with Crippen molar-refractivity contribution in [3.05, 3.63) is 35.6 Å². The number of hydrogen-bond acceptors (Lipinski definition) is 2. The Kier molecular flexibility index (Phi) is 3.75. The normalized spacial score (nSPS) is 18.6. The van der Waals surface area contributed by atoms with Gasteiger partial charge < -0.3 is 0 Å². The Hall–Kier alpha value is -1.40. The number of nitrogens with one attached hydrogen (secondary N) is 1. The first-order chi connectivity index (χ1) is 8.26. The summed E-state index contributed by atoms with van der Waals surface area (Å²) >= 11 is 0. The average molecular weight is 232 g/mol. The predicted molar refractivity (Wildman–Crippen MR) is 64.7 cm³/mol. The van der Waals surface area contributed by atoms with Crippen molar-refractivity contribution < 1.29 is 4.39 Å². The Labute approximate surface area is 101 Å². The Morgan fingerprint density at radius 2 is 1.94 bits per heavy atom. The van der Waals surface area contributed by atoms with Gasteiger partial charge in [0.2, 0.25) is 0 Å². The van der Waals surface area contributed by atoms with Crippen LogP contribution in [0.3, 0.4) is 0 Å². The van der Waals surface area contributed by atoms with Gasteiger partial charge in [0.25, 0.3) is 0 Å². The molecular weight excluding hydrogens is 215 g/mol. The first kappa shape index (κ1) is 12.1. The molecule has 1 N–H and O–H groups in total. The van der Waals surface area contributed by atoms with Crippen molar-refractivity contribution in [3.63, 3.8) is 0 Å². The average Bonchev–Trinajstić information content (AvgIpc) is 2.39. The van der Waals surface area contributed by atoms with E-state index in [0.717, 1.165) is 25.7 Å². The standard InChI is InChI=1S/C14H17FN2/c15-13-7-3-2-6-12(13)10-17-14(11-16)8-4-1-5-9-14/h2-3,6-7,17H,1,4-5,8-10H2. The Morgan fingerprint density at radius 3 is 2.59 bits per heavy atom. The van der Waals surface area contributed by atoms with Crippen LogP contribution in [0.2, 0.25) is 0 Å². The molecule has 1 fully saturated rings. The van der Waals surface area contributed by atoms with Gasteiger partial charge in [-0.05, 0) is 18.9 Å². The molecule has 0 atom stereocenters. The van der Waals surface area contributed by atoms with Gasteiger partial charge in [0.15, 0.2) is 0 Å². The van der Waals surface area contributed by atoms with Gasteiger partial charge in [-0.3, -0.25) is 5.32 Å². The zero-order valence-electron chi connectivity index (χ0n) is 9.88. The molecule has 0 amide bonds. The third-order valence-electron chi connectivity index (χ3n) is 3.50. The molecule has 90 valence electrons. The van der Waals surface area contributed by atoms with E-state index >= 15 is 0 Å². The van der Waals surface area contributed by atoms with Crippen LogP contribution in [-0.4, -0.2) is 5.54 Å². The van der Waals surface area contributed by atoms with Crippen molar-refractivity contribution >= 4 is 0 Å². The van der Waals surface area contributed by atoms with E-state index in [9.17, 15) is 9.65 Å². The molecule has 1 aliphatic carbocycles. The molecule has 3 heteroatoms. The molecule has 0 bridgehead atoms. The summed E-state index contributed by atoms with van der Waals surface area (Å²) in [6.45, 7) is 0.431. The van der Waals surface area contributed by atoms with Gasteiger partial charge in [-0.25, -0.2) is 4.39 Å². The fourth-order valence-corrected chi connectivity index (χ4v) is 2.39. The molecule has 2 rings (SSSR count). The topological polar surface area (TPSA) is 35.8 Å². The van der Waals surface area contributed by atoms with E-state index in [1.807, 2.05) is 6.07 Å². The minimum absolute atomic E-state index is 0.205. The SMILES string of the molecule is N#CC1(NCc2ccccc2F)CCCCC1. The van der Waals surface area contributed by atoms with Crippen LogP contribution in [-0.2, 0) is 6.54 Å². The summed E-state index contributed by atoms with van der Waals surface area (Å²) in [4.78, 5) is 0. The molecule has 2 nitrogen and oxygen atoms in total. The molecule has 1 saturated carbocycles. The summed E-state index contributed by atoms with van der Waals surface area (Å²) in [7, 11) is 0. The van der Waals surface area contributed by atoms with Crippen molar-refractivity contribution in [2.24, 2.45) is 0 Å². The van der Waals surface area contributed by atoms with Crippen LogP contribution in [0.25, 0.3) is 0 Å². The maximum absolute atomic E-state index is 13.4. The van der Waals surface area contributed by atoms with Crippen LogP contribution < -0.4 is 5.32 Å².